The first-order valence-electron chi connectivity index (χ1n) is 6.27. The van der Waals surface area contributed by atoms with Crippen LogP contribution < -0.4 is 25.3 Å². The minimum absolute atomic E-state index is 0.177. The summed E-state index contributed by atoms with van der Waals surface area (Å²) in [7, 11) is 4.55. The van der Waals surface area contributed by atoms with Crippen LogP contribution in [0.2, 0.25) is 0 Å². The second-order valence-electron chi connectivity index (χ2n) is 4.19. The van der Waals surface area contributed by atoms with Crippen LogP contribution in [-0.2, 0) is 0 Å². The highest BCUT2D eigenvalue weighted by Crippen LogP contribution is 2.40. The molecule has 0 aliphatic rings. The Morgan fingerprint density at radius 3 is 2.27 bits per heavy atom. The van der Waals surface area contributed by atoms with Gasteiger partial charge in [0.1, 0.15) is 17.7 Å². The molecule has 2 rings (SSSR count). The highest BCUT2D eigenvalue weighted by molar-refractivity contribution is 5.97. The number of carbonyl (C=O) groups excluding carboxylic acids is 1. The average Bonchev–Trinajstić information content (AvgIpc) is 2.54. The van der Waals surface area contributed by atoms with Gasteiger partial charge < -0.3 is 25.3 Å². The zero-order chi connectivity index (χ0) is 16.1. The van der Waals surface area contributed by atoms with E-state index in [1.807, 2.05) is 0 Å². The lowest BCUT2D eigenvalue weighted by atomic mass is 10.2. The van der Waals surface area contributed by atoms with Crippen molar-refractivity contribution in [2.75, 3.05) is 26.6 Å². The number of anilines is 2. The van der Waals surface area contributed by atoms with Crippen LogP contribution in [0.3, 0.4) is 0 Å². The molecule has 8 nitrogen and oxygen atoms in total. The molecular formula is C14H16N4O4. The van der Waals surface area contributed by atoms with E-state index in [0.29, 0.717) is 22.9 Å². The second-order valence-corrected chi connectivity index (χ2v) is 4.19. The van der Waals surface area contributed by atoms with Gasteiger partial charge >= 0.3 is 0 Å². The predicted molar refractivity (Wildman–Crippen MR) is 79.9 cm³/mol. The number of amides is 1. The Kier molecular flexibility index (Phi) is 4.62. The van der Waals surface area contributed by atoms with Crippen molar-refractivity contribution in [2.24, 2.45) is 5.73 Å². The number of primary amides is 1. The lowest BCUT2D eigenvalue weighted by Crippen LogP contribution is -2.14. The third kappa shape index (κ3) is 3.00. The first-order chi connectivity index (χ1) is 10.6. The molecule has 3 N–H and O–H groups in total. The number of carbonyl (C=O) groups is 1. The lowest BCUT2D eigenvalue weighted by Gasteiger charge is -2.15. The van der Waals surface area contributed by atoms with Crippen molar-refractivity contribution < 1.29 is 19.0 Å². The monoisotopic (exact) mass is 304 g/mol. The largest absolute Gasteiger partial charge is 0.493 e. The van der Waals surface area contributed by atoms with Gasteiger partial charge in [0.05, 0.1) is 21.3 Å². The van der Waals surface area contributed by atoms with Crippen molar-refractivity contribution in [3.8, 4) is 17.2 Å². The van der Waals surface area contributed by atoms with E-state index in [9.17, 15) is 4.79 Å². The van der Waals surface area contributed by atoms with Crippen LogP contribution in [0.1, 0.15) is 10.4 Å². The summed E-state index contributed by atoms with van der Waals surface area (Å²) in [5, 5.41) is 2.99. The fraction of sp³-hybridized carbons (Fsp3) is 0.214. The lowest BCUT2D eigenvalue weighted by molar-refractivity contribution is 0.100. The van der Waals surface area contributed by atoms with Gasteiger partial charge in [0.15, 0.2) is 11.5 Å². The first-order valence-corrected chi connectivity index (χ1v) is 6.27. The quantitative estimate of drug-likeness (QED) is 0.829. The number of nitrogens with zero attached hydrogens (tertiary/aromatic N) is 2. The Labute approximate surface area is 127 Å². The molecule has 0 saturated carbocycles. The summed E-state index contributed by atoms with van der Waals surface area (Å²) in [4.78, 5) is 19.2. The molecule has 1 amide bonds. The molecule has 0 unspecified atom stereocenters. The van der Waals surface area contributed by atoms with E-state index in [4.69, 9.17) is 19.9 Å². The van der Waals surface area contributed by atoms with Gasteiger partial charge in [-0.15, -0.1) is 0 Å². The number of aromatic nitrogens is 2. The Balaban J connectivity index is 2.44. The predicted octanol–water partition coefficient (Wildman–Crippen LogP) is 1.34. The molecule has 1 aromatic heterocycles. The van der Waals surface area contributed by atoms with Crippen LogP contribution in [0, 0.1) is 0 Å². The number of rotatable bonds is 6. The number of nitrogens with two attached hydrogens (primary N) is 1. The molecule has 22 heavy (non-hydrogen) atoms. The molecule has 0 fully saturated rings. The van der Waals surface area contributed by atoms with Crippen LogP contribution in [0.5, 0.6) is 17.2 Å². The molecule has 0 saturated heterocycles. The van der Waals surface area contributed by atoms with E-state index in [1.165, 1.54) is 33.9 Å². The molecule has 8 heteroatoms. The third-order valence-electron chi connectivity index (χ3n) is 2.91. The van der Waals surface area contributed by atoms with Gasteiger partial charge in [-0.2, -0.15) is 0 Å². The molecule has 0 aliphatic heterocycles. The number of hydrogen-bond donors (Lipinski definition) is 2. The molecular weight excluding hydrogens is 288 g/mol. The normalized spacial score (nSPS) is 9.95. The highest BCUT2D eigenvalue weighted by Gasteiger charge is 2.15. The fourth-order valence-electron chi connectivity index (χ4n) is 1.90. The van der Waals surface area contributed by atoms with E-state index >= 15 is 0 Å². The van der Waals surface area contributed by atoms with Gasteiger partial charge in [0.25, 0.3) is 5.91 Å². The topological polar surface area (TPSA) is 109 Å². The number of nitrogens with one attached hydrogen (secondary N) is 1. The Hall–Kier alpha value is -3.03. The molecule has 0 spiro atoms. The summed E-state index contributed by atoms with van der Waals surface area (Å²) in [6.45, 7) is 0. The molecule has 0 bridgehead atoms. The molecule has 0 radical (unpaired) electrons. The maximum atomic E-state index is 11.4. The van der Waals surface area contributed by atoms with Crippen LogP contribution in [0.4, 0.5) is 11.5 Å². The minimum atomic E-state index is -0.629. The van der Waals surface area contributed by atoms with E-state index < -0.39 is 5.91 Å². The van der Waals surface area contributed by atoms with Gasteiger partial charge in [-0.05, 0) is 0 Å². The van der Waals surface area contributed by atoms with E-state index in [1.54, 1.807) is 12.1 Å². The maximum Gasteiger partial charge on any atom is 0.254 e. The Morgan fingerprint density at radius 1 is 1.14 bits per heavy atom. The number of benzene rings is 1. The van der Waals surface area contributed by atoms with Crippen molar-refractivity contribution in [2.45, 2.75) is 0 Å². The average molecular weight is 304 g/mol. The van der Waals surface area contributed by atoms with E-state index in [-0.39, 0.29) is 11.4 Å². The van der Waals surface area contributed by atoms with E-state index in [0.717, 1.165) is 0 Å². The van der Waals surface area contributed by atoms with Crippen molar-refractivity contribution in [1.29, 1.82) is 0 Å². The second kappa shape index (κ2) is 6.61. The summed E-state index contributed by atoms with van der Waals surface area (Å²) >= 11 is 0. The van der Waals surface area contributed by atoms with Crippen LogP contribution in [0.25, 0.3) is 0 Å². The van der Waals surface area contributed by atoms with Gasteiger partial charge in [-0.25, -0.2) is 9.97 Å². The summed E-state index contributed by atoms with van der Waals surface area (Å²) in [6, 6.07) is 3.38. The molecule has 0 atom stereocenters. The SMILES string of the molecule is COc1cc(Nc2ncncc2C(N)=O)cc(OC)c1OC. The Bertz CT molecular complexity index is 665. The van der Waals surface area contributed by atoms with Gasteiger partial charge in [0, 0.05) is 24.0 Å². The van der Waals surface area contributed by atoms with Gasteiger partial charge in [-0.3, -0.25) is 4.79 Å². The van der Waals surface area contributed by atoms with Crippen LogP contribution in [-0.4, -0.2) is 37.2 Å². The van der Waals surface area contributed by atoms with Gasteiger partial charge in [0.2, 0.25) is 5.75 Å². The third-order valence-corrected chi connectivity index (χ3v) is 2.91. The molecule has 0 aliphatic carbocycles. The summed E-state index contributed by atoms with van der Waals surface area (Å²) in [5.41, 5.74) is 6.07. The van der Waals surface area contributed by atoms with Crippen LogP contribution >= 0.6 is 0 Å². The minimum Gasteiger partial charge on any atom is -0.493 e. The smallest absolute Gasteiger partial charge is 0.254 e. The Morgan fingerprint density at radius 2 is 1.77 bits per heavy atom. The maximum absolute atomic E-state index is 11.4. The summed E-state index contributed by atoms with van der Waals surface area (Å²) in [6.07, 6.45) is 2.66. The fourth-order valence-corrected chi connectivity index (χ4v) is 1.90. The van der Waals surface area contributed by atoms with Crippen molar-refractivity contribution in [1.82, 2.24) is 9.97 Å². The molecule has 2 aromatic rings. The van der Waals surface area contributed by atoms with Crippen molar-refractivity contribution in [3.63, 3.8) is 0 Å². The van der Waals surface area contributed by atoms with Crippen molar-refractivity contribution in [3.05, 3.63) is 30.2 Å². The van der Waals surface area contributed by atoms with Crippen molar-refractivity contribution >= 4 is 17.4 Å². The standard InChI is InChI=1S/C14H16N4O4/c1-20-10-4-8(5-11(21-2)12(10)22-3)18-14-9(13(15)19)6-16-7-17-14/h4-7H,1-3H3,(H2,15,19)(H,16,17,18). The number of methoxy groups -OCH3 is 3. The number of ether oxygens (including phenoxy) is 3. The zero-order valence-corrected chi connectivity index (χ0v) is 12.4. The summed E-state index contributed by atoms with van der Waals surface area (Å²) < 4.78 is 15.8. The molecule has 1 heterocycles. The van der Waals surface area contributed by atoms with Gasteiger partial charge in [-0.1, -0.05) is 0 Å². The first kappa shape index (κ1) is 15.4. The zero-order valence-electron chi connectivity index (χ0n) is 12.4. The van der Waals surface area contributed by atoms with E-state index in [2.05, 4.69) is 15.3 Å². The molecule has 1 aromatic carbocycles. The number of hydrogen-bond acceptors (Lipinski definition) is 7. The molecule has 116 valence electrons. The van der Waals surface area contributed by atoms with Crippen LogP contribution in [0.15, 0.2) is 24.7 Å². The highest BCUT2D eigenvalue weighted by atomic mass is 16.5. The summed E-state index contributed by atoms with van der Waals surface area (Å²) in [5.74, 6) is 1.07.